The van der Waals surface area contributed by atoms with Crippen molar-refractivity contribution in [3.63, 3.8) is 0 Å². The van der Waals surface area contributed by atoms with Crippen molar-refractivity contribution in [2.24, 2.45) is 12.8 Å². The topological polar surface area (TPSA) is 84.5 Å². The summed E-state index contributed by atoms with van der Waals surface area (Å²) in [7, 11) is 1.84. The molecule has 142 valence electrons. The highest BCUT2D eigenvalue weighted by Crippen LogP contribution is 2.29. The number of amides is 2. The molecular formula is C19H22FN5O2. The van der Waals surface area contributed by atoms with Gasteiger partial charge in [0.2, 0.25) is 5.91 Å². The molecule has 0 radical (unpaired) electrons. The number of aromatic nitrogens is 2. The van der Waals surface area contributed by atoms with E-state index in [0.29, 0.717) is 31.7 Å². The summed E-state index contributed by atoms with van der Waals surface area (Å²) in [6, 6.07) is 5.92. The highest BCUT2D eigenvalue weighted by molar-refractivity contribution is 5.99. The molecule has 0 bridgehead atoms. The summed E-state index contributed by atoms with van der Waals surface area (Å²) in [6.07, 6.45) is 2.95. The molecule has 0 spiro atoms. The Hall–Kier alpha value is -2.74. The quantitative estimate of drug-likeness (QED) is 0.880. The molecule has 2 aliphatic rings. The lowest BCUT2D eigenvalue weighted by Crippen LogP contribution is -2.33. The molecule has 0 saturated carbocycles. The molecule has 2 amide bonds. The second-order valence-electron chi connectivity index (χ2n) is 7.17. The van der Waals surface area contributed by atoms with Crippen molar-refractivity contribution in [1.82, 2.24) is 14.7 Å². The molecule has 1 aromatic heterocycles. The molecule has 27 heavy (non-hydrogen) atoms. The Labute approximate surface area is 156 Å². The number of hydrogen-bond acceptors (Lipinski definition) is 4. The molecule has 1 aromatic carbocycles. The number of rotatable bonds is 3. The first-order valence-electron chi connectivity index (χ1n) is 9.08. The van der Waals surface area contributed by atoms with Gasteiger partial charge in [0.25, 0.3) is 5.91 Å². The van der Waals surface area contributed by atoms with E-state index < -0.39 is 11.7 Å². The first kappa shape index (κ1) is 17.7. The van der Waals surface area contributed by atoms with Crippen molar-refractivity contribution in [3.8, 4) is 0 Å². The summed E-state index contributed by atoms with van der Waals surface area (Å²) >= 11 is 0. The van der Waals surface area contributed by atoms with Crippen LogP contribution in [0.2, 0.25) is 0 Å². The van der Waals surface area contributed by atoms with Crippen LogP contribution in [0.15, 0.2) is 30.5 Å². The Kier molecular flexibility index (Phi) is 4.43. The van der Waals surface area contributed by atoms with Crippen molar-refractivity contribution >= 4 is 17.5 Å². The van der Waals surface area contributed by atoms with E-state index in [0.717, 1.165) is 12.1 Å². The summed E-state index contributed by atoms with van der Waals surface area (Å²) < 4.78 is 16.1. The van der Waals surface area contributed by atoms with E-state index in [1.165, 1.54) is 12.1 Å². The molecule has 2 aliphatic heterocycles. The normalized spacial score (nSPS) is 22.7. The third kappa shape index (κ3) is 3.10. The van der Waals surface area contributed by atoms with Gasteiger partial charge < -0.3 is 15.5 Å². The zero-order valence-corrected chi connectivity index (χ0v) is 15.1. The third-order valence-electron chi connectivity index (χ3n) is 5.46. The maximum Gasteiger partial charge on any atom is 0.256 e. The van der Waals surface area contributed by atoms with Crippen molar-refractivity contribution in [1.29, 1.82) is 0 Å². The van der Waals surface area contributed by atoms with Crippen LogP contribution in [0.5, 0.6) is 0 Å². The van der Waals surface area contributed by atoms with Crippen molar-refractivity contribution < 1.29 is 14.0 Å². The molecule has 0 unspecified atom stereocenters. The summed E-state index contributed by atoms with van der Waals surface area (Å²) in [5.41, 5.74) is 7.74. The lowest BCUT2D eigenvalue weighted by Gasteiger charge is -2.20. The Balaban J connectivity index is 1.58. The van der Waals surface area contributed by atoms with Crippen LogP contribution in [0.4, 0.5) is 10.1 Å². The predicted molar refractivity (Wildman–Crippen MR) is 97.8 cm³/mol. The van der Waals surface area contributed by atoms with E-state index in [1.54, 1.807) is 26.7 Å². The SMILES string of the molecule is Cn1nccc1[C@@H]1CN(C(=O)c2cc(N3CCCC3=O)ccc2F)C[C@H]1N. The van der Waals surface area contributed by atoms with E-state index >= 15 is 0 Å². The first-order chi connectivity index (χ1) is 13.0. The minimum atomic E-state index is -0.590. The number of likely N-dealkylation sites (tertiary alicyclic amines) is 1. The van der Waals surface area contributed by atoms with Gasteiger partial charge in [0.15, 0.2) is 0 Å². The predicted octanol–water partition coefficient (Wildman–Crippen LogP) is 1.25. The van der Waals surface area contributed by atoms with Gasteiger partial charge in [0.1, 0.15) is 5.82 Å². The maximum absolute atomic E-state index is 14.4. The highest BCUT2D eigenvalue weighted by atomic mass is 19.1. The number of halogens is 1. The second kappa shape index (κ2) is 6.77. The fourth-order valence-electron chi connectivity index (χ4n) is 3.99. The largest absolute Gasteiger partial charge is 0.336 e. The van der Waals surface area contributed by atoms with Crippen molar-refractivity contribution in [3.05, 3.63) is 47.5 Å². The number of nitrogens with zero attached hydrogens (tertiary/aromatic N) is 4. The molecule has 2 aromatic rings. The Morgan fingerprint density at radius 3 is 2.78 bits per heavy atom. The van der Waals surface area contributed by atoms with Gasteiger partial charge >= 0.3 is 0 Å². The molecule has 2 N–H and O–H groups in total. The lowest BCUT2D eigenvalue weighted by atomic mass is 10.0. The molecule has 2 atom stereocenters. The smallest absolute Gasteiger partial charge is 0.256 e. The fourth-order valence-corrected chi connectivity index (χ4v) is 3.99. The molecule has 2 saturated heterocycles. The number of carbonyl (C=O) groups is 2. The lowest BCUT2D eigenvalue weighted by molar-refractivity contribution is -0.117. The molecule has 2 fully saturated rings. The van der Waals surface area contributed by atoms with E-state index in [9.17, 15) is 14.0 Å². The van der Waals surface area contributed by atoms with E-state index in [4.69, 9.17) is 5.73 Å². The van der Waals surface area contributed by atoms with Gasteiger partial charge in [-0.05, 0) is 30.7 Å². The van der Waals surface area contributed by atoms with Gasteiger partial charge in [-0.1, -0.05) is 0 Å². The summed E-state index contributed by atoms with van der Waals surface area (Å²) in [5, 5.41) is 4.16. The number of aryl methyl sites for hydroxylation is 1. The number of carbonyl (C=O) groups excluding carboxylic acids is 2. The minimum absolute atomic E-state index is 0.000487. The Morgan fingerprint density at radius 2 is 2.11 bits per heavy atom. The van der Waals surface area contributed by atoms with Crippen LogP contribution >= 0.6 is 0 Å². The average Bonchev–Trinajstić information content (AvgIpc) is 3.35. The highest BCUT2D eigenvalue weighted by Gasteiger charge is 2.36. The van der Waals surface area contributed by atoms with E-state index in [-0.39, 0.29) is 23.4 Å². The second-order valence-corrected chi connectivity index (χ2v) is 7.17. The van der Waals surface area contributed by atoms with Gasteiger partial charge in [-0.25, -0.2) is 4.39 Å². The number of anilines is 1. The van der Waals surface area contributed by atoms with E-state index in [1.807, 2.05) is 13.1 Å². The zero-order chi connectivity index (χ0) is 19.1. The summed E-state index contributed by atoms with van der Waals surface area (Å²) in [4.78, 5) is 28.1. The van der Waals surface area contributed by atoms with Crippen LogP contribution in [0.25, 0.3) is 0 Å². The van der Waals surface area contributed by atoms with Crippen LogP contribution < -0.4 is 10.6 Å². The van der Waals surface area contributed by atoms with Crippen LogP contribution in [-0.4, -0.2) is 52.2 Å². The molecule has 3 heterocycles. The van der Waals surface area contributed by atoms with Gasteiger partial charge in [0, 0.05) is 62.6 Å². The molecule has 4 rings (SSSR count). The number of benzene rings is 1. The maximum atomic E-state index is 14.4. The fraction of sp³-hybridized carbons (Fsp3) is 0.421. The summed E-state index contributed by atoms with van der Waals surface area (Å²) in [6.45, 7) is 1.35. The van der Waals surface area contributed by atoms with Crippen LogP contribution in [0, 0.1) is 5.82 Å². The minimum Gasteiger partial charge on any atom is -0.336 e. The van der Waals surface area contributed by atoms with Gasteiger partial charge in [0.05, 0.1) is 5.56 Å². The van der Waals surface area contributed by atoms with Gasteiger partial charge in [-0.15, -0.1) is 0 Å². The monoisotopic (exact) mass is 371 g/mol. The number of nitrogens with two attached hydrogens (primary N) is 1. The molecule has 7 nitrogen and oxygen atoms in total. The van der Waals surface area contributed by atoms with Crippen LogP contribution in [0.3, 0.4) is 0 Å². The summed E-state index contributed by atoms with van der Waals surface area (Å²) in [5.74, 6) is -1.04. The standard InChI is InChI=1S/C19H22FN5O2/c1-23-17(6-7-22-23)14-10-24(11-16(14)21)19(27)13-9-12(4-5-15(13)20)25-8-2-3-18(25)26/h4-7,9,14,16H,2-3,8,10-11,21H2,1H3/t14-,16-/m1/s1. The van der Waals surface area contributed by atoms with Crippen molar-refractivity contribution in [2.45, 2.75) is 24.8 Å². The van der Waals surface area contributed by atoms with Crippen LogP contribution in [-0.2, 0) is 11.8 Å². The van der Waals surface area contributed by atoms with Crippen LogP contribution in [0.1, 0.15) is 34.8 Å². The molecular weight excluding hydrogens is 349 g/mol. The molecule has 8 heteroatoms. The number of hydrogen-bond donors (Lipinski definition) is 1. The molecule has 0 aliphatic carbocycles. The van der Waals surface area contributed by atoms with Gasteiger partial charge in [-0.2, -0.15) is 5.10 Å². The van der Waals surface area contributed by atoms with Gasteiger partial charge in [-0.3, -0.25) is 14.3 Å². The third-order valence-corrected chi connectivity index (χ3v) is 5.46. The van der Waals surface area contributed by atoms with Crippen molar-refractivity contribution in [2.75, 3.05) is 24.5 Å². The zero-order valence-electron chi connectivity index (χ0n) is 15.1. The average molecular weight is 371 g/mol. The first-order valence-corrected chi connectivity index (χ1v) is 9.08. The van der Waals surface area contributed by atoms with E-state index in [2.05, 4.69) is 5.10 Å². The Morgan fingerprint density at radius 1 is 1.30 bits per heavy atom. The Bertz CT molecular complexity index is 896.